The molecule has 0 saturated carbocycles. The summed E-state index contributed by atoms with van der Waals surface area (Å²) in [6, 6.07) is -0.0163. The third-order valence-electron chi connectivity index (χ3n) is 3.95. The molecule has 0 unspecified atom stereocenters. The number of Topliss-reactive ketones (excluding diaryl/α,β-unsaturated/α-hetero) is 1. The average Bonchev–Trinajstić information content (AvgIpc) is 2.45. The number of ether oxygens (including phenoxy) is 2. The van der Waals surface area contributed by atoms with Crippen LogP contribution in [0.1, 0.15) is 46.5 Å². The van der Waals surface area contributed by atoms with Gasteiger partial charge in [-0.25, -0.2) is 4.79 Å². The molecule has 1 saturated heterocycles. The molecule has 126 valence electrons. The molecule has 6 nitrogen and oxygen atoms in total. The third-order valence-corrected chi connectivity index (χ3v) is 3.95. The van der Waals surface area contributed by atoms with E-state index in [1.165, 1.54) is 7.11 Å². The van der Waals surface area contributed by atoms with Gasteiger partial charge in [0, 0.05) is 18.5 Å². The van der Waals surface area contributed by atoms with Gasteiger partial charge in [-0.3, -0.25) is 9.59 Å². The first-order valence-corrected chi connectivity index (χ1v) is 7.91. The van der Waals surface area contributed by atoms with Crippen molar-refractivity contribution in [3.05, 3.63) is 0 Å². The van der Waals surface area contributed by atoms with E-state index < -0.39 is 5.97 Å². The molecule has 0 aromatic carbocycles. The lowest BCUT2D eigenvalue weighted by molar-refractivity contribution is -0.146. The Balaban J connectivity index is 2.68. The summed E-state index contributed by atoms with van der Waals surface area (Å²) in [5, 5.41) is 0. The highest BCUT2D eigenvalue weighted by atomic mass is 16.5. The number of esters is 1. The lowest BCUT2D eigenvalue weighted by atomic mass is 9.83. The predicted molar refractivity (Wildman–Crippen MR) is 81.3 cm³/mol. The van der Waals surface area contributed by atoms with Crippen molar-refractivity contribution >= 4 is 17.8 Å². The molecule has 0 N–H and O–H groups in total. The first-order chi connectivity index (χ1) is 10.4. The van der Waals surface area contributed by atoms with Gasteiger partial charge in [-0.2, -0.15) is 0 Å². The smallest absolute Gasteiger partial charge is 0.409 e. The Hall–Kier alpha value is -1.59. The number of piperidine rings is 1. The number of ketones is 1. The van der Waals surface area contributed by atoms with E-state index in [0.717, 1.165) is 6.42 Å². The summed E-state index contributed by atoms with van der Waals surface area (Å²) in [5.41, 5.74) is 0. The van der Waals surface area contributed by atoms with Crippen LogP contribution in [0.15, 0.2) is 0 Å². The van der Waals surface area contributed by atoms with Crippen LogP contribution in [0.2, 0.25) is 0 Å². The molecule has 0 aromatic heterocycles. The van der Waals surface area contributed by atoms with Gasteiger partial charge >= 0.3 is 12.1 Å². The van der Waals surface area contributed by atoms with Crippen LogP contribution in [0.3, 0.4) is 0 Å². The number of likely N-dealkylation sites (tertiary alicyclic amines) is 1. The van der Waals surface area contributed by atoms with Gasteiger partial charge in [-0.15, -0.1) is 0 Å². The molecule has 1 aliphatic heterocycles. The van der Waals surface area contributed by atoms with Gasteiger partial charge in [0.2, 0.25) is 0 Å². The second-order valence-corrected chi connectivity index (χ2v) is 6.12. The van der Waals surface area contributed by atoms with E-state index in [0.29, 0.717) is 25.3 Å². The molecule has 0 spiro atoms. The van der Waals surface area contributed by atoms with E-state index in [-0.39, 0.29) is 36.9 Å². The number of nitrogens with zero attached hydrogens (tertiary/aromatic N) is 1. The zero-order valence-corrected chi connectivity index (χ0v) is 14.0. The van der Waals surface area contributed by atoms with Crippen LogP contribution in [0, 0.1) is 11.8 Å². The number of methoxy groups -OCH3 is 1. The quantitative estimate of drug-likeness (QED) is 0.556. The minimum atomic E-state index is -0.469. The molecule has 6 heteroatoms. The topological polar surface area (TPSA) is 72.9 Å². The first-order valence-electron chi connectivity index (χ1n) is 7.91. The minimum Gasteiger partial charge on any atom is -0.466 e. The lowest BCUT2D eigenvalue weighted by Gasteiger charge is -2.38. The molecule has 0 aromatic rings. The monoisotopic (exact) mass is 313 g/mol. The van der Waals surface area contributed by atoms with Crippen LogP contribution >= 0.6 is 0 Å². The van der Waals surface area contributed by atoms with Crippen molar-refractivity contribution in [1.29, 1.82) is 0 Å². The summed E-state index contributed by atoms with van der Waals surface area (Å²) in [6.07, 6.45) is 1.46. The maximum atomic E-state index is 12.2. The Morgan fingerprint density at radius 3 is 2.50 bits per heavy atom. The molecule has 1 fully saturated rings. The van der Waals surface area contributed by atoms with Gasteiger partial charge < -0.3 is 14.4 Å². The van der Waals surface area contributed by atoms with Gasteiger partial charge in [0.05, 0.1) is 13.7 Å². The normalized spacial score (nSPS) is 21.6. The fourth-order valence-electron chi connectivity index (χ4n) is 2.97. The standard InChI is InChI=1S/C16H27NO5/c1-5-22-15(19)10-14(18)12-6-7-17(16(20)21-4)13(9-12)8-11(2)3/h11-13H,5-10H2,1-4H3/t12-,13-/m0/s1. The Labute approximate surface area is 132 Å². The Bertz CT molecular complexity index is 407. The van der Waals surface area contributed by atoms with Crippen molar-refractivity contribution < 1.29 is 23.9 Å². The fourth-order valence-corrected chi connectivity index (χ4v) is 2.97. The van der Waals surface area contributed by atoms with E-state index in [9.17, 15) is 14.4 Å². The van der Waals surface area contributed by atoms with Crippen molar-refractivity contribution in [1.82, 2.24) is 4.90 Å². The molecule has 0 bridgehead atoms. The second-order valence-electron chi connectivity index (χ2n) is 6.12. The van der Waals surface area contributed by atoms with E-state index >= 15 is 0 Å². The van der Waals surface area contributed by atoms with Crippen LogP contribution < -0.4 is 0 Å². The SMILES string of the molecule is CCOC(=O)CC(=O)[C@H]1CCN(C(=O)OC)[C@@H](CC(C)C)C1. The van der Waals surface area contributed by atoms with Crippen LogP contribution in [0.5, 0.6) is 0 Å². The van der Waals surface area contributed by atoms with Crippen molar-refractivity contribution in [2.75, 3.05) is 20.3 Å². The molecule has 0 aliphatic carbocycles. The number of hydrogen-bond acceptors (Lipinski definition) is 5. The highest BCUT2D eigenvalue weighted by Crippen LogP contribution is 2.29. The number of rotatable bonds is 6. The van der Waals surface area contributed by atoms with Gasteiger partial charge in [0.15, 0.2) is 0 Å². The summed E-state index contributed by atoms with van der Waals surface area (Å²) in [5.74, 6) is -0.329. The van der Waals surface area contributed by atoms with Crippen molar-refractivity contribution in [2.24, 2.45) is 11.8 Å². The summed E-state index contributed by atoms with van der Waals surface area (Å²) in [7, 11) is 1.37. The Kier molecular flexibility index (Phi) is 7.35. The molecular weight excluding hydrogens is 286 g/mol. The van der Waals surface area contributed by atoms with E-state index in [1.54, 1.807) is 11.8 Å². The molecule has 1 aliphatic rings. The van der Waals surface area contributed by atoms with Crippen LogP contribution in [-0.2, 0) is 19.1 Å². The van der Waals surface area contributed by atoms with Gasteiger partial charge in [0.25, 0.3) is 0 Å². The van der Waals surface area contributed by atoms with Crippen molar-refractivity contribution in [3.8, 4) is 0 Å². The maximum absolute atomic E-state index is 12.2. The molecule has 22 heavy (non-hydrogen) atoms. The fraction of sp³-hybridized carbons (Fsp3) is 0.812. The number of carbonyl (C=O) groups is 3. The van der Waals surface area contributed by atoms with E-state index in [2.05, 4.69) is 13.8 Å². The highest BCUT2D eigenvalue weighted by molar-refractivity contribution is 5.96. The summed E-state index contributed by atoms with van der Waals surface area (Å²) < 4.78 is 9.65. The Morgan fingerprint density at radius 1 is 1.27 bits per heavy atom. The lowest BCUT2D eigenvalue weighted by Crippen LogP contribution is -2.48. The number of carbonyl (C=O) groups excluding carboxylic acids is 3. The summed E-state index contributed by atoms with van der Waals surface area (Å²) >= 11 is 0. The number of hydrogen-bond donors (Lipinski definition) is 0. The largest absolute Gasteiger partial charge is 0.466 e. The molecular formula is C16H27NO5. The second kappa shape index (κ2) is 8.76. The zero-order chi connectivity index (χ0) is 16.7. The van der Waals surface area contributed by atoms with Crippen LogP contribution in [-0.4, -0.2) is 49.0 Å². The van der Waals surface area contributed by atoms with Gasteiger partial charge in [-0.05, 0) is 32.1 Å². The van der Waals surface area contributed by atoms with Crippen LogP contribution in [0.4, 0.5) is 4.79 Å². The summed E-state index contributed by atoms with van der Waals surface area (Å²) in [6.45, 7) is 6.65. The molecule has 1 amide bonds. The third kappa shape index (κ3) is 5.31. The predicted octanol–water partition coefficient (Wildman–Crippen LogP) is 2.40. The van der Waals surface area contributed by atoms with E-state index in [1.807, 2.05) is 0 Å². The van der Waals surface area contributed by atoms with Gasteiger partial charge in [0.1, 0.15) is 12.2 Å². The highest BCUT2D eigenvalue weighted by Gasteiger charge is 2.35. The zero-order valence-electron chi connectivity index (χ0n) is 14.0. The average molecular weight is 313 g/mol. The minimum absolute atomic E-state index is 0.0163. The Morgan fingerprint density at radius 2 is 1.95 bits per heavy atom. The molecule has 2 atom stereocenters. The molecule has 0 radical (unpaired) electrons. The maximum Gasteiger partial charge on any atom is 0.409 e. The van der Waals surface area contributed by atoms with Gasteiger partial charge in [-0.1, -0.05) is 13.8 Å². The van der Waals surface area contributed by atoms with Crippen LogP contribution in [0.25, 0.3) is 0 Å². The van der Waals surface area contributed by atoms with Crippen molar-refractivity contribution in [2.45, 2.75) is 52.5 Å². The summed E-state index contributed by atoms with van der Waals surface area (Å²) in [4.78, 5) is 37.2. The van der Waals surface area contributed by atoms with Crippen molar-refractivity contribution in [3.63, 3.8) is 0 Å². The molecule has 1 rings (SSSR count). The first kappa shape index (κ1) is 18.5. The number of amides is 1. The van der Waals surface area contributed by atoms with E-state index in [4.69, 9.17) is 9.47 Å². The molecule has 1 heterocycles.